The van der Waals surface area contributed by atoms with Crippen LogP contribution >= 0.6 is 34.0 Å². The van der Waals surface area contributed by atoms with Crippen LogP contribution in [0.1, 0.15) is 161 Å². The van der Waals surface area contributed by atoms with E-state index in [-0.39, 0.29) is 99.6 Å². The average Bonchev–Trinajstić information content (AvgIpc) is 1.60. The van der Waals surface area contributed by atoms with Gasteiger partial charge in [-0.25, -0.2) is 39.4 Å². The van der Waals surface area contributed by atoms with Gasteiger partial charge < -0.3 is 43.1 Å². The zero-order valence-corrected chi connectivity index (χ0v) is 79.6. The lowest BCUT2D eigenvalue weighted by Gasteiger charge is -2.39. The van der Waals surface area contributed by atoms with Crippen LogP contribution < -0.4 is 57.3 Å². The number of amides is 6. The Morgan fingerprint density at radius 1 is 0.398 bits per heavy atom. The molecule has 0 spiro atoms. The van der Waals surface area contributed by atoms with Gasteiger partial charge in [0.05, 0.1) is 118 Å². The number of ether oxygens (including phenoxy) is 6. The zero-order chi connectivity index (χ0) is 94.5. The van der Waals surface area contributed by atoms with E-state index >= 15 is 0 Å². The van der Waals surface area contributed by atoms with Crippen molar-refractivity contribution in [2.24, 2.45) is 0 Å². The minimum atomic E-state index is -4.30. The number of sulfonamides is 3. The maximum Gasteiger partial charge on any atom is 0.401 e. The minimum absolute atomic E-state index is 0.0701. The van der Waals surface area contributed by atoms with Crippen molar-refractivity contribution in [3.8, 4) is 34.5 Å². The van der Waals surface area contributed by atoms with Crippen LogP contribution in [-0.2, 0) is 30.1 Å². The molecule has 9 aromatic rings. The number of carbonyl (C=O) groups is 6. The van der Waals surface area contributed by atoms with Crippen molar-refractivity contribution in [3.63, 3.8) is 0 Å². The molecule has 133 heavy (non-hydrogen) atoms. The van der Waals surface area contributed by atoms with E-state index < -0.39 is 72.7 Å². The number of alkyl halides is 3. The number of carbonyl (C=O) groups excluding carboxylic acids is 6. The molecule has 0 unspecified atom stereocenters. The predicted octanol–water partition coefficient (Wildman–Crippen LogP) is 13.6. The zero-order valence-electron chi connectivity index (χ0n) is 74.7. The third-order valence-electron chi connectivity index (χ3n) is 24.9. The second-order valence-corrected chi connectivity index (χ2v) is 41.6. The number of hydrogen-bond acceptors (Lipinski definition) is 27. The first-order valence-corrected chi connectivity index (χ1v) is 51.0. The molecule has 1 saturated carbocycles. The average molecular weight is 1940 g/mol. The smallest absolute Gasteiger partial charge is 0.401 e. The fourth-order valence-corrected chi connectivity index (χ4v) is 24.7. The van der Waals surface area contributed by atoms with Gasteiger partial charge >= 0.3 is 6.18 Å². The van der Waals surface area contributed by atoms with Crippen LogP contribution in [0.3, 0.4) is 0 Å². The van der Waals surface area contributed by atoms with Gasteiger partial charge in [0.25, 0.3) is 35.4 Å². The molecule has 3 aromatic heterocycles. The lowest BCUT2D eigenvalue weighted by Crippen LogP contribution is -2.50. The predicted molar refractivity (Wildman–Crippen MR) is 504 cm³/mol. The molecule has 9 heterocycles. The maximum absolute atomic E-state index is 14.3. The van der Waals surface area contributed by atoms with Crippen molar-refractivity contribution in [1.82, 2.24) is 43.6 Å². The monoisotopic (exact) mass is 1940 g/mol. The summed E-state index contributed by atoms with van der Waals surface area (Å²) < 4.78 is 156. The summed E-state index contributed by atoms with van der Waals surface area (Å²) in [5, 5.41) is 5.09. The summed E-state index contributed by atoms with van der Waals surface area (Å²) in [6, 6.07) is 39.9. The fourth-order valence-electron chi connectivity index (χ4n) is 18.3. The lowest BCUT2D eigenvalue weighted by molar-refractivity contribution is -0.146. The number of hydrogen-bond donors (Lipinski definition) is 3. The van der Waals surface area contributed by atoms with E-state index in [0.717, 1.165) is 104 Å². The molecule has 3 atom stereocenters. The summed E-state index contributed by atoms with van der Waals surface area (Å²) >= 11 is 3.39. The summed E-state index contributed by atoms with van der Waals surface area (Å²) in [7, 11) is -1.86. The van der Waals surface area contributed by atoms with Crippen LogP contribution in [0.4, 0.5) is 30.2 Å². The first-order chi connectivity index (χ1) is 64.0. The summed E-state index contributed by atoms with van der Waals surface area (Å²) in [4.78, 5) is 101. The Bertz CT molecular complexity index is 6010. The first kappa shape index (κ1) is 98.2. The Morgan fingerprint density at radius 3 is 0.992 bits per heavy atom. The molecule has 0 bridgehead atoms. The number of piperazine rings is 3. The molecule has 710 valence electrons. The second kappa shape index (κ2) is 43.7. The van der Waals surface area contributed by atoms with Crippen LogP contribution in [0.5, 0.6) is 34.5 Å². The van der Waals surface area contributed by atoms with Crippen molar-refractivity contribution >= 4 is 117 Å². The molecule has 3 saturated heterocycles. The summed E-state index contributed by atoms with van der Waals surface area (Å²) in [5.41, 5.74) is 6.08. The standard InChI is InChI=1S/C33H40N4O6S2.C31H36N4O6S2.C30H33F3N4O6S2/c1-42-28-15-14-23(22-29(28)43-2)26(12-6-16-34-45(40,41)30-13-7-21-44-30)37-32(38)25-10-5-11-27(31(25)33(37)39)36-19-17-35(18-20-36)24-8-3-4-9-24;1-4-15-33-16-18-34(19-17-33)25-9-5-8-23-29(25)31(37)35(30(23)36)24(22-12-13-26(40-2)27(21-22)41-3)10-6-14-32-43(38,39)28-11-7-20-42-28;1-42-24-11-10-20(18-25(24)43-2)22(8-4-12-34-45(40,41)26-9-5-17-44-26)37-28(38)21-6-3-7-23(27(21)29(37)39)36-15-13-35(14-16-36)19-30(31,32)33/h5,7,10-11,13-15,21-22,24,26,34H,3-4,6,8-9,12,16-20H2,1-2H3;4-5,7-9,11-13,20-21,24,32H,1,6,10,14-19H2,2-3H3;3,5-7,9-11,17-18,22,34H,4,8,12-16,19H2,1-2H3/t26-;24-;22-/m111/s1. The molecule has 0 radical (unpaired) electrons. The number of nitrogens with zero attached hydrogens (tertiary/aromatic N) is 9. The molecule has 30 nitrogen and oxygen atoms in total. The molecule has 6 amide bonds. The van der Waals surface area contributed by atoms with Gasteiger partial charge in [-0.05, 0) is 175 Å². The van der Waals surface area contributed by atoms with E-state index in [4.69, 9.17) is 28.4 Å². The van der Waals surface area contributed by atoms with Crippen LogP contribution in [0.25, 0.3) is 0 Å². The summed E-state index contributed by atoms with van der Waals surface area (Å²) in [6.07, 6.45) is 4.69. The van der Waals surface area contributed by atoms with Gasteiger partial charge in [-0.3, -0.25) is 58.2 Å². The van der Waals surface area contributed by atoms with E-state index in [1.807, 2.05) is 47.4 Å². The van der Waals surface area contributed by atoms with Crippen LogP contribution in [0.2, 0.25) is 0 Å². The maximum atomic E-state index is 14.3. The Hall–Kier alpha value is -10.8. The molecule has 3 N–H and O–H groups in total. The van der Waals surface area contributed by atoms with Crippen molar-refractivity contribution < 1.29 is 95.6 Å². The Morgan fingerprint density at radius 2 is 0.707 bits per heavy atom. The van der Waals surface area contributed by atoms with Crippen molar-refractivity contribution in [2.75, 3.05) is 169 Å². The number of halogens is 3. The van der Waals surface area contributed by atoms with E-state index in [9.17, 15) is 67.2 Å². The van der Waals surface area contributed by atoms with Crippen LogP contribution in [0, 0.1) is 0 Å². The lowest BCUT2D eigenvalue weighted by atomic mass is 9.99. The number of methoxy groups -OCH3 is 6. The highest BCUT2D eigenvalue weighted by Gasteiger charge is 2.48. The van der Waals surface area contributed by atoms with Crippen molar-refractivity contribution in [1.29, 1.82) is 0 Å². The number of fused-ring (bicyclic) bond motifs is 3. The molecule has 16 rings (SSSR count). The topological polar surface area (TPSA) is 325 Å². The van der Waals surface area contributed by atoms with E-state index in [0.29, 0.717) is 117 Å². The van der Waals surface area contributed by atoms with Gasteiger partial charge in [0.15, 0.2) is 34.5 Å². The van der Waals surface area contributed by atoms with Crippen LogP contribution in [0.15, 0.2) is 187 Å². The van der Waals surface area contributed by atoms with Gasteiger partial charge in [0.2, 0.25) is 30.1 Å². The fraction of sp³-hybridized carbons (Fsp3) is 0.404. The van der Waals surface area contributed by atoms with Crippen molar-refractivity contribution in [2.45, 2.75) is 107 Å². The molecule has 39 heteroatoms. The quantitative estimate of drug-likeness (QED) is 0.0185. The van der Waals surface area contributed by atoms with Gasteiger partial charge in [-0.1, -0.05) is 73.5 Å². The SMILES string of the molecule is C=CCN1CCN(c2cccc3c2C(=O)N([C@H](CCCNS(=O)(=O)c2cccs2)c2ccc(OC)c(OC)c2)C3=O)CC1.COc1ccc([C@@H](CCCNS(=O)(=O)c2cccs2)N2C(=O)c3cccc(N4CCN(C5CCCC5)CC4)c3C2=O)cc1OC.COc1ccc([C@@H](CCCNS(=O)(=O)c2cccs2)N2C(=O)c3cccc(N4CCN(CC(F)(F)F)CC4)c3C2=O)cc1OC. The van der Waals surface area contributed by atoms with E-state index in [1.165, 1.54) is 86.9 Å². The number of imide groups is 3. The number of rotatable bonds is 37. The van der Waals surface area contributed by atoms with E-state index in [2.05, 4.69) is 40.3 Å². The second-order valence-electron chi connectivity index (χ2n) is 32.8. The Kier molecular flexibility index (Phi) is 32.2. The van der Waals surface area contributed by atoms with Gasteiger partial charge in [0, 0.05) is 111 Å². The first-order valence-electron chi connectivity index (χ1n) is 43.9. The third kappa shape index (κ3) is 22.2. The van der Waals surface area contributed by atoms with Gasteiger partial charge in [-0.15, -0.1) is 40.6 Å². The molecule has 1 aliphatic carbocycles. The van der Waals surface area contributed by atoms with Gasteiger partial charge in [-0.2, -0.15) is 13.2 Å². The Labute approximate surface area is 785 Å². The number of thiophene rings is 3. The minimum Gasteiger partial charge on any atom is -0.493 e. The number of nitrogens with one attached hydrogen (secondary N) is 3. The molecule has 7 aliphatic rings. The Balaban J connectivity index is 0.000000160. The molecule has 6 aromatic carbocycles. The highest BCUT2D eigenvalue weighted by molar-refractivity contribution is 7.92. The third-order valence-corrected chi connectivity index (χ3v) is 33.5. The highest BCUT2D eigenvalue weighted by Crippen LogP contribution is 2.46. The number of anilines is 3. The van der Waals surface area contributed by atoms with Crippen molar-refractivity contribution in [3.05, 3.63) is 224 Å². The summed E-state index contributed by atoms with van der Waals surface area (Å²) in [6.45, 7) is 11.5. The molecule has 4 fully saturated rings. The number of benzene rings is 6. The molecular formula is C94H109F3N12O18S6. The largest absolute Gasteiger partial charge is 0.493 e. The summed E-state index contributed by atoms with van der Waals surface area (Å²) in [5.74, 6) is 0.421. The van der Waals surface area contributed by atoms with Gasteiger partial charge in [0.1, 0.15) is 12.6 Å². The molecule has 6 aliphatic heterocycles. The van der Waals surface area contributed by atoms with Crippen LogP contribution in [-0.4, -0.2) is 256 Å². The molecular weight excluding hydrogens is 1830 g/mol. The normalized spacial score (nSPS) is 17.2. The van der Waals surface area contributed by atoms with E-state index in [1.54, 1.807) is 126 Å². The highest BCUT2D eigenvalue weighted by atomic mass is 32.3.